The third kappa shape index (κ3) is 2.82. The van der Waals surface area contributed by atoms with Gasteiger partial charge < -0.3 is 9.84 Å². The van der Waals surface area contributed by atoms with Gasteiger partial charge in [0, 0.05) is 37.0 Å². The van der Waals surface area contributed by atoms with Gasteiger partial charge in [-0.05, 0) is 38.4 Å². The normalized spacial score (nSPS) is 19.9. The zero-order valence-electron chi connectivity index (χ0n) is 15.5. The molecule has 1 aromatic carbocycles. The lowest BCUT2D eigenvalue weighted by molar-refractivity contribution is 0.190. The van der Waals surface area contributed by atoms with E-state index in [1.807, 2.05) is 7.05 Å². The van der Waals surface area contributed by atoms with Crippen LogP contribution in [-0.4, -0.2) is 51.5 Å². The van der Waals surface area contributed by atoms with E-state index in [-0.39, 0.29) is 6.04 Å². The fourth-order valence-electron chi connectivity index (χ4n) is 4.00. The van der Waals surface area contributed by atoms with Crippen LogP contribution in [0, 0.1) is 11.6 Å². The van der Waals surface area contributed by atoms with Gasteiger partial charge in [0.15, 0.2) is 23.2 Å². The van der Waals surface area contributed by atoms with Crippen LogP contribution in [0.4, 0.5) is 8.78 Å². The minimum absolute atomic E-state index is 0.0487. The maximum Gasteiger partial charge on any atom is 0.278 e. The number of hydrogen-bond acceptors (Lipinski definition) is 6. The van der Waals surface area contributed by atoms with Gasteiger partial charge in [0.05, 0.1) is 11.7 Å². The highest BCUT2D eigenvalue weighted by Crippen LogP contribution is 2.34. The third-order valence-corrected chi connectivity index (χ3v) is 5.53. The van der Waals surface area contributed by atoms with Gasteiger partial charge >= 0.3 is 0 Å². The molecule has 1 aliphatic heterocycles. The summed E-state index contributed by atoms with van der Waals surface area (Å²) in [6.45, 7) is 2.61. The Hall–Kier alpha value is -2.65. The Bertz CT molecular complexity index is 1030. The van der Waals surface area contributed by atoms with Crippen molar-refractivity contribution in [3.63, 3.8) is 0 Å². The minimum Gasteiger partial charge on any atom is -0.332 e. The Balaban J connectivity index is 1.54. The molecule has 28 heavy (non-hydrogen) atoms. The molecule has 1 fully saturated rings. The number of halogens is 2. The molecule has 9 heteroatoms. The molecule has 7 nitrogen and oxygen atoms in total. The van der Waals surface area contributed by atoms with E-state index in [4.69, 9.17) is 4.52 Å². The fraction of sp³-hybridized carbons (Fsp3) is 0.421. The van der Waals surface area contributed by atoms with Gasteiger partial charge in [-0.2, -0.15) is 10.1 Å². The summed E-state index contributed by atoms with van der Waals surface area (Å²) in [6.07, 6.45) is 2.63. The van der Waals surface area contributed by atoms with Crippen LogP contribution >= 0.6 is 0 Å². The second-order valence-corrected chi connectivity index (χ2v) is 7.30. The molecule has 1 saturated heterocycles. The molecule has 0 spiro atoms. The molecule has 0 saturated carbocycles. The zero-order chi connectivity index (χ0) is 19.3. The van der Waals surface area contributed by atoms with Gasteiger partial charge in [0.25, 0.3) is 5.89 Å². The van der Waals surface area contributed by atoms with Crippen molar-refractivity contribution < 1.29 is 13.3 Å². The average molecular weight is 386 g/mol. The van der Waals surface area contributed by atoms with Crippen LogP contribution in [0.2, 0.25) is 0 Å². The molecule has 5 rings (SSSR count). The van der Waals surface area contributed by atoms with Gasteiger partial charge in [0.1, 0.15) is 0 Å². The minimum atomic E-state index is -0.894. The maximum atomic E-state index is 13.7. The summed E-state index contributed by atoms with van der Waals surface area (Å²) >= 11 is 0. The molecule has 3 heterocycles. The lowest BCUT2D eigenvalue weighted by Gasteiger charge is -2.30. The van der Waals surface area contributed by atoms with E-state index >= 15 is 0 Å². The summed E-state index contributed by atoms with van der Waals surface area (Å²) in [4.78, 5) is 6.79. The summed E-state index contributed by atoms with van der Waals surface area (Å²) in [5, 5.41) is 12.1. The number of nitrogens with zero attached hydrogens (tertiary/aromatic N) is 5. The van der Waals surface area contributed by atoms with Gasteiger partial charge in [-0.3, -0.25) is 4.90 Å². The number of hydrogen-bond donors (Lipinski definition) is 1. The third-order valence-electron chi connectivity index (χ3n) is 5.53. The molecule has 1 aliphatic carbocycles. The average Bonchev–Trinajstić information content (AvgIpc) is 3.40. The van der Waals surface area contributed by atoms with E-state index in [0.29, 0.717) is 23.1 Å². The molecule has 2 aliphatic rings. The summed E-state index contributed by atoms with van der Waals surface area (Å²) < 4.78 is 34.3. The van der Waals surface area contributed by atoms with Crippen molar-refractivity contribution in [1.29, 1.82) is 0 Å². The first-order valence-electron chi connectivity index (χ1n) is 9.43. The highest BCUT2D eigenvalue weighted by Gasteiger charge is 2.30. The first kappa shape index (κ1) is 17.4. The molecule has 3 aromatic rings. The fourth-order valence-corrected chi connectivity index (χ4v) is 4.00. The van der Waals surface area contributed by atoms with E-state index in [2.05, 4.69) is 25.5 Å². The van der Waals surface area contributed by atoms with Crippen molar-refractivity contribution in [1.82, 2.24) is 30.1 Å². The van der Waals surface area contributed by atoms with Gasteiger partial charge in [-0.1, -0.05) is 5.16 Å². The van der Waals surface area contributed by atoms with Crippen LogP contribution in [0.1, 0.15) is 29.5 Å². The van der Waals surface area contributed by atoms with E-state index in [1.54, 1.807) is 4.68 Å². The Labute approximate surface area is 160 Å². The molecule has 1 atom stereocenters. The number of fused-ring (bicyclic) bond motifs is 1. The number of nitrogens with one attached hydrogen (secondary N) is 1. The quantitative estimate of drug-likeness (QED) is 0.745. The van der Waals surface area contributed by atoms with E-state index in [1.165, 1.54) is 6.07 Å². The monoisotopic (exact) mass is 386 g/mol. The largest absolute Gasteiger partial charge is 0.332 e. The Morgan fingerprint density at radius 2 is 2.11 bits per heavy atom. The van der Waals surface area contributed by atoms with E-state index < -0.39 is 11.6 Å². The van der Waals surface area contributed by atoms with Crippen LogP contribution in [0.3, 0.4) is 0 Å². The van der Waals surface area contributed by atoms with Crippen molar-refractivity contribution in [2.45, 2.75) is 25.3 Å². The standard InChI is InChI=1S/C19H20F2N6O/c1-26-8-7-22-10-16(26)18-23-19(28-25-18)17-12-3-2-4-15(12)27(24-17)11-5-6-13(20)14(21)9-11/h5-6,9,16,22H,2-4,7-8,10H2,1H3. The van der Waals surface area contributed by atoms with Crippen LogP contribution in [-0.2, 0) is 12.8 Å². The van der Waals surface area contributed by atoms with E-state index in [9.17, 15) is 8.78 Å². The Morgan fingerprint density at radius 3 is 2.93 bits per heavy atom. The molecule has 0 radical (unpaired) electrons. The van der Waals surface area contributed by atoms with E-state index in [0.717, 1.165) is 62.3 Å². The van der Waals surface area contributed by atoms with Crippen molar-refractivity contribution in [2.75, 3.05) is 26.7 Å². The second kappa shape index (κ2) is 6.75. The van der Waals surface area contributed by atoms with Crippen LogP contribution < -0.4 is 5.32 Å². The second-order valence-electron chi connectivity index (χ2n) is 7.30. The predicted molar refractivity (Wildman–Crippen MR) is 97.0 cm³/mol. The van der Waals surface area contributed by atoms with Gasteiger partial charge in [0.2, 0.25) is 0 Å². The molecule has 146 valence electrons. The summed E-state index contributed by atoms with van der Waals surface area (Å²) in [6, 6.07) is 3.85. The predicted octanol–water partition coefficient (Wildman–Crippen LogP) is 2.27. The summed E-state index contributed by atoms with van der Waals surface area (Å²) in [7, 11) is 2.04. The Morgan fingerprint density at radius 1 is 1.21 bits per heavy atom. The number of piperazine rings is 1. The first-order valence-corrected chi connectivity index (χ1v) is 9.43. The number of benzene rings is 1. The molecule has 0 bridgehead atoms. The Kier molecular flexibility index (Phi) is 4.21. The molecule has 1 N–H and O–H groups in total. The van der Waals surface area contributed by atoms with Crippen molar-refractivity contribution >= 4 is 0 Å². The van der Waals surface area contributed by atoms with Crippen LogP contribution in [0.15, 0.2) is 22.7 Å². The van der Waals surface area contributed by atoms with Gasteiger partial charge in [-0.15, -0.1) is 0 Å². The van der Waals surface area contributed by atoms with Crippen LogP contribution in [0.5, 0.6) is 0 Å². The molecule has 0 amide bonds. The SMILES string of the molecule is CN1CCNCC1c1noc(-c2nn(-c3ccc(F)c(F)c3)c3c2CCC3)n1. The zero-order valence-corrected chi connectivity index (χ0v) is 15.5. The first-order chi connectivity index (χ1) is 13.6. The number of likely N-dealkylation sites (N-methyl/N-ethyl adjacent to an activating group) is 1. The lowest BCUT2D eigenvalue weighted by atomic mass is 10.2. The number of aromatic nitrogens is 4. The lowest BCUT2D eigenvalue weighted by Crippen LogP contribution is -2.44. The molecular weight excluding hydrogens is 366 g/mol. The van der Waals surface area contributed by atoms with Crippen molar-refractivity contribution in [3.05, 3.63) is 46.9 Å². The molecule has 1 unspecified atom stereocenters. The summed E-state index contributed by atoms with van der Waals surface area (Å²) in [5.74, 6) is -0.777. The van der Waals surface area contributed by atoms with Crippen molar-refractivity contribution in [3.8, 4) is 17.3 Å². The maximum absolute atomic E-state index is 13.7. The highest BCUT2D eigenvalue weighted by molar-refractivity contribution is 5.58. The number of rotatable bonds is 3. The highest BCUT2D eigenvalue weighted by atomic mass is 19.2. The molecular formula is C19H20F2N6O. The topological polar surface area (TPSA) is 72.0 Å². The summed E-state index contributed by atoms with van der Waals surface area (Å²) in [5.41, 5.74) is 3.13. The smallest absolute Gasteiger partial charge is 0.278 e. The molecule has 2 aromatic heterocycles. The van der Waals surface area contributed by atoms with Crippen molar-refractivity contribution in [2.24, 2.45) is 0 Å². The van der Waals surface area contributed by atoms with Crippen LogP contribution in [0.25, 0.3) is 17.3 Å². The van der Waals surface area contributed by atoms with Gasteiger partial charge in [-0.25, -0.2) is 13.5 Å².